The van der Waals surface area contributed by atoms with Crippen LogP contribution in [0.25, 0.3) is 22.3 Å². The van der Waals surface area contributed by atoms with Crippen molar-refractivity contribution in [1.29, 1.82) is 0 Å². The second kappa shape index (κ2) is 12.4. The van der Waals surface area contributed by atoms with Gasteiger partial charge in [-0.25, -0.2) is 18.4 Å². The van der Waals surface area contributed by atoms with Crippen LogP contribution >= 0.6 is 15.9 Å². The lowest BCUT2D eigenvalue weighted by Gasteiger charge is -2.21. The zero-order chi connectivity index (χ0) is 29.9. The number of aliphatic hydroxyl groups excluding tert-OH is 1. The fourth-order valence-corrected chi connectivity index (χ4v) is 5.12. The molecule has 2 N–H and O–H groups in total. The fraction of sp³-hybridized carbons (Fsp3) is 0.250. The van der Waals surface area contributed by atoms with E-state index in [1.54, 1.807) is 23.3 Å². The van der Waals surface area contributed by atoms with Crippen LogP contribution in [0.1, 0.15) is 43.9 Å². The molecular weight excluding hydrogens is 606 g/mol. The number of hydrogen-bond donors (Lipinski definition) is 2. The monoisotopic (exact) mass is 634 g/mol. The number of aromatic nitrogens is 4. The Morgan fingerprint density at radius 3 is 2.74 bits per heavy atom. The molecule has 0 spiro atoms. The van der Waals surface area contributed by atoms with Crippen LogP contribution in [0.4, 0.5) is 8.78 Å². The standard InChI is InChI=1S/C32H29BrF2N4O3/c1-4-32(2,3)41-14-6-9-29(20-7-5-8-21(33)15-20)39-19-37-31(38-39)24-16-22(10-11-26(24)34)42-30-25(18-40)23-12-13-36-28(23)17-27(30)35/h1,5,7-8,10-13,15-17,19,29,36,40H,6,9,14,18H2,2-3H3. The van der Waals surface area contributed by atoms with Crippen LogP contribution in [0, 0.1) is 24.0 Å². The molecule has 42 heavy (non-hydrogen) atoms. The van der Waals surface area contributed by atoms with Crippen molar-refractivity contribution >= 4 is 26.8 Å². The molecule has 0 aliphatic heterocycles. The van der Waals surface area contributed by atoms with Crippen molar-refractivity contribution in [1.82, 2.24) is 19.7 Å². The molecule has 0 saturated carbocycles. The van der Waals surface area contributed by atoms with E-state index in [9.17, 15) is 9.50 Å². The average molecular weight is 636 g/mol. The second-order valence-corrected chi connectivity index (χ2v) is 11.2. The van der Waals surface area contributed by atoms with Crippen molar-refractivity contribution in [3.05, 3.63) is 94.4 Å². The zero-order valence-electron chi connectivity index (χ0n) is 23.1. The highest BCUT2D eigenvalue weighted by molar-refractivity contribution is 9.10. The van der Waals surface area contributed by atoms with E-state index in [1.807, 2.05) is 38.1 Å². The summed E-state index contributed by atoms with van der Waals surface area (Å²) in [6.07, 6.45) is 10.1. The number of benzene rings is 3. The highest BCUT2D eigenvalue weighted by Gasteiger charge is 2.21. The first kappa shape index (κ1) is 29.5. The lowest BCUT2D eigenvalue weighted by atomic mass is 10.0. The Labute approximate surface area is 250 Å². The summed E-state index contributed by atoms with van der Waals surface area (Å²) in [5.74, 6) is 1.59. The van der Waals surface area contributed by atoms with Crippen molar-refractivity contribution in [3.63, 3.8) is 0 Å². The van der Waals surface area contributed by atoms with Gasteiger partial charge in [-0.1, -0.05) is 34.0 Å². The molecule has 1 atom stereocenters. The zero-order valence-corrected chi connectivity index (χ0v) is 24.7. The van der Waals surface area contributed by atoms with Gasteiger partial charge in [-0.2, -0.15) is 5.10 Å². The van der Waals surface area contributed by atoms with Crippen molar-refractivity contribution in [2.75, 3.05) is 6.61 Å². The van der Waals surface area contributed by atoms with Crippen LogP contribution in [-0.2, 0) is 11.3 Å². The van der Waals surface area contributed by atoms with Crippen molar-refractivity contribution in [2.24, 2.45) is 0 Å². The first-order valence-corrected chi connectivity index (χ1v) is 14.1. The number of nitrogens with one attached hydrogen (secondary N) is 1. The number of fused-ring (bicyclic) bond motifs is 1. The van der Waals surface area contributed by atoms with Gasteiger partial charge in [-0.3, -0.25) is 0 Å². The van der Waals surface area contributed by atoms with Gasteiger partial charge < -0.3 is 19.6 Å². The molecule has 10 heteroatoms. The predicted octanol–water partition coefficient (Wildman–Crippen LogP) is 7.55. The molecule has 5 aromatic rings. The van der Waals surface area contributed by atoms with E-state index in [0.717, 1.165) is 10.0 Å². The van der Waals surface area contributed by atoms with Crippen LogP contribution in [0.15, 0.2) is 71.6 Å². The maximum atomic E-state index is 15.1. The minimum absolute atomic E-state index is 0.0898. The lowest BCUT2D eigenvalue weighted by Crippen LogP contribution is -2.22. The number of H-pyrrole nitrogens is 1. The molecule has 7 nitrogen and oxygen atoms in total. The lowest BCUT2D eigenvalue weighted by molar-refractivity contribution is 0.0239. The van der Waals surface area contributed by atoms with Crippen molar-refractivity contribution in [2.45, 2.75) is 44.9 Å². The van der Waals surface area contributed by atoms with Gasteiger partial charge in [0.2, 0.25) is 0 Å². The van der Waals surface area contributed by atoms with Gasteiger partial charge >= 0.3 is 0 Å². The molecule has 0 fully saturated rings. The largest absolute Gasteiger partial charge is 0.454 e. The Morgan fingerprint density at radius 1 is 1.14 bits per heavy atom. The van der Waals surface area contributed by atoms with E-state index in [0.29, 0.717) is 30.4 Å². The van der Waals surface area contributed by atoms with Gasteiger partial charge in [-0.15, -0.1) is 6.42 Å². The summed E-state index contributed by atoms with van der Waals surface area (Å²) < 4.78 is 44.3. The first-order valence-electron chi connectivity index (χ1n) is 13.3. The third-order valence-electron chi connectivity index (χ3n) is 6.92. The molecule has 0 saturated heterocycles. The van der Waals surface area contributed by atoms with Crippen molar-refractivity contribution in [3.8, 4) is 35.2 Å². The molecule has 1 unspecified atom stereocenters. The quantitative estimate of drug-likeness (QED) is 0.116. The Kier molecular flexibility index (Phi) is 8.73. The van der Waals surface area contributed by atoms with Gasteiger partial charge in [0.25, 0.3) is 0 Å². The molecule has 0 amide bonds. The summed E-state index contributed by atoms with van der Waals surface area (Å²) in [4.78, 5) is 7.32. The smallest absolute Gasteiger partial charge is 0.184 e. The number of nitrogens with zero attached hydrogens (tertiary/aromatic N) is 3. The Morgan fingerprint density at radius 2 is 1.98 bits per heavy atom. The predicted molar refractivity (Wildman–Crippen MR) is 160 cm³/mol. The number of rotatable bonds is 11. The number of ether oxygens (including phenoxy) is 2. The van der Waals surface area contributed by atoms with E-state index >= 15 is 4.39 Å². The van der Waals surface area contributed by atoms with Gasteiger partial charge in [-0.05, 0) is 68.7 Å². The fourth-order valence-electron chi connectivity index (χ4n) is 4.71. The number of halogens is 3. The Bertz CT molecular complexity index is 1760. The van der Waals surface area contributed by atoms with E-state index in [4.69, 9.17) is 15.9 Å². The molecule has 2 heterocycles. The molecule has 2 aromatic heterocycles. The molecular formula is C32H29BrF2N4O3. The van der Waals surface area contributed by atoms with E-state index in [-0.39, 0.29) is 34.5 Å². The highest BCUT2D eigenvalue weighted by Crippen LogP contribution is 2.36. The van der Waals surface area contributed by atoms with E-state index < -0.39 is 23.8 Å². The number of aliphatic hydroxyl groups is 1. The van der Waals surface area contributed by atoms with Gasteiger partial charge in [0.15, 0.2) is 17.4 Å². The Balaban J connectivity index is 1.43. The summed E-state index contributed by atoms with van der Waals surface area (Å²) in [7, 11) is 0. The average Bonchev–Trinajstić information content (AvgIpc) is 3.64. The molecule has 3 aromatic carbocycles. The Hall–Kier alpha value is -4.04. The molecule has 0 aliphatic rings. The molecule has 216 valence electrons. The minimum atomic E-state index is -0.662. The number of hydrogen-bond acceptors (Lipinski definition) is 5. The van der Waals surface area contributed by atoms with Crippen molar-refractivity contribution < 1.29 is 23.4 Å². The first-order chi connectivity index (χ1) is 20.2. The van der Waals surface area contributed by atoms with Gasteiger partial charge in [0.05, 0.1) is 18.2 Å². The number of terminal acetylenes is 1. The number of aromatic amines is 1. The third kappa shape index (κ3) is 6.39. The third-order valence-corrected chi connectivity index (χ3v) is 7.41. The topological polar surface area (TPSA) is 85.2 Å². The SMILES string of the molecule is C#CC(C)(C)OCCCC(c1cccc(Br)c1)n1cnc(-c2cc(Oc3c(F)cc4[nH]ccc4c3CO)ccc2F)n1. The molecule has 0 radical (unpaired) electrons. The van der Waals surface area contributed by atoms with E-state index in [1.165, 1.54) is 24.3 Å². The minimum Gasteiger partial charge on any atom is -0.454 e. The van der Waals surface area contributed by atoms with Crippen LogP contribution in [-0.4, -0.2) is 37.1 Å². The van der Waals surface area contributed by atoms with Gasteiger partial charge in [0.1, 0.15) is 23.5 Å². The van der Waals surface area contributed by atoms with Crippen LogP contribution in [0.2, 0.25) is 0 Å². The maximum Gasteiger partial charge on any atom is 0.184 e. The molecule has 5 rings (SSSR count). The maximum absolute atomic E-state index is 15.1. The summed E-state index contributed by atoms with van der Waals surface area (Å²) in [5, 5.41) is 15.2. The summed E-state index contributed by atoms with van der Waals surface area (Å²) in [6.45, 7) is 3.70. The summed E-state index contributed by atoms with van der Waals surface area (Å²) in [6, 6.07) is 14.7. The van der Waals surface area contributed by atoms with Crippen LogP contribution in [0.5, 0.6) is 11.5 Å². The highest BCUT2D eigenvalue weighted by atomic mass is 79.9. The summed E-state index contributed by atoms with van der Waals surface area (Å²) in [5.41, 5.74) is 1.23. The van der Waals surface area contributed by atoms with Gasteiger partial charge in [0, 0.05) is 39.8 Å². The molecule has 0 aliphatic carbocycles. The second-order valence-electron chi connectivity index (χ2n) is 10.3. The summed E-state index contributed by atoms with van der Waals surface area (Å²) >= 11 is 3.53. The van der Waals surface area contributed by atoms with E-state index in [2.05, 4.69) is 36.9 Å². The molecule has 0 bridgehead atoms. The van der Waals surface area contributed by atoms with Crippen LogP contribution in [0.3, 0.4) is 0 Å². The normalized spacial score (nSPS) is 12.4. The van der Waals surface area contributed by atoms with Crippen LogP contribution < -0.4 is 4.74 Å².